The molecule has 0 spiro atoms. The van der Waals surface area contributed by atoms with Crippen LogP contribution in [0.4, 0.5) is 0 Å². The number of aliphatic hydroxyl groups is 1. The molecule has 1 atom stereocenters. The number of oxazole rings is 1. The van der Waals surface area contributed by atoms with Crippen LogP contribution in [0.25, 0.3) is 11.3 Å². The summed E-state index contributed by atoms with van der Waals surface area (Å²) in [5.41, 5.74) is 0.698. The van der Waals surface area contributed by atoms with E-state index in [1.807, 2.05) is 0 Å². The summed E-state index contributed by atoms with van der Waals surface area (Å²) in [6, 6.07) is 5.10. The van der Waals surface area contributed by atoms with E-state index in [0.29, 0.717) is 33.7 Å². The van der Waals surface area contributed by atoms with Gasteiger partial charge in [0.1, 0.15) is 0 Å². The van der Waals surface area contributed by atoms with Gasteiger partial charge in [-0.05, 0) is 25.1 Å². The Labute approximate surface area is 138 Å². The number of aryl methyl sites for hydroxylation is 1. The molecule has 1 aromatic carbocycles. The molecule has 0 radical (unpaired) electrons. The lowest BCUT2D eigenvalue weighted by Crippen LogP contribution is -2.30. The Morgan fingerprint density at radius 3 is 2.91 bits per heavy atom. The van der Waals surface area contributed by atoms with Gasteiger partial charge in [0, 0.05) is 30.0 Å². The maximum atomic E-state index is 11.6. The van der Waals surface area contributed by atoms with Gasteiger partial charge in [0.25, 0.3) is 0 Å². The highest BCUT2D eigenvalue weighted by Gasteiger charge is 2.12. The van der Waals surface area contributed by atoms with Crippen LogP contribution < -0.4 is 5.32 Å². The van der Waals surface area contributed by atoms with Gasteiger partial charge in [0.2, 0.25) is 5.91 Å². The molecule has 0 bridgehead atoms. The lowest BCUT2D eigenvalue weighted by molar-refractivity contribution is -0.121. The molecule has 1 aromatic heterocycles. The number of aromatic nitrogens is 1. The number of carbonyl (C=O) groups is 1. The molecular weight excluding hydrogens is 327 g/mol. The SMILES string of the molecule is CC(O)CNC(=O)CCc1ncc(-c2ccc(Cl)cc2Cl)o1. The molecule has 118 valence electrons. The van der Waals surface area contributed by atoms with Gasteiger partial charge in [-0.15, -0.1) is 0 Å². The average Bonchev–Trinajstić information content (AvgIpc) is 2.91. The van der Waals surface area contributed by atoms with E-state index >= 15 is 0 Å². The number of nitrogens with zero attached hydrogens (tertiary/aromatic N) is 1. The third-order valence-corrected chi connectivity index (χ3v) is 3.46. The number of rotatable bonds is 6. The fourth-order valence-electron chi connectivity index (χ4n) is 1.81. The van der Waals surface area contributed by atoms with Gasteiger partial charge >= 0.3 is 0 Å². The number of carbonyl (C=O) groups excluding carboxylic acids is 1. The first-order valence-corrected chi connectivity index (χ1v) is 7.56. The van der Waals surface area contributed by atoms with E-state index in [2.05, 4.69) is 10.3 Å². The summed E-state index contributed by atoms with van der Waals surface area (Å²) in [6.45, 7) is 1.84. The molecular formula is C15H16Cl2N2O3. The molecule has 2 aromatic rings. The minimum absolute atomic E-state index is 0.162. The Balaban J connectivity index is 1.95. The van der Waals surface area contributed by atoms with Crippen molar-refractivity contribution in [3.63, 3.8) is 0 Å². The van der Waals surface area contributed by atoms with Crippen molar-refractivity contribution in [3.8, 4) is 11.3 Å². The number of aliphatic hydroxyl groups excluding tert-OH is 1. The molecule has 1 heterocycles. The molecule has 1 unspecified atom stereocenters. The Kier molecular flexibility index (Phi) is 5.83. The molecule has 22 heavy (non-hydrogen) atoms. The maximum absolute atomic E-state index is 11.6. The van der Waals surface area contributed by atoms with Gasteiger partial charge in [-0.3, -0.25) is 4.79 Å². The summed E-state index contributed by atoms with van der Waals surface area (Å²) in [7, 11) is 0. The molecule has 0 aliphatic carbocycles. The Bertz CT molecular complexity index is 656. The number of halogens is 2. The molecule has 5 nitrogen and oxygen atoms in total. The zero-order valence-corrected chi connectivity index (χ0v) is 13.5. The minimum atomic E-state index is -0.565. The van der Waals surface area contributed by atoms with Crippen molar-refractivity contribution < 1.29 is 14.3 Å². The molecule has 2 rings (SSSR count). The largest absolute Gasteiger partial charge is 0.441 e. The second-order valence-electron chi connectivity index (χ2n) is 4.90. The van der Waals surface area contributed by atoms with E-state index in [0.717, 1.165) is 0 Å². The monoisotopic (exact) mass is 342 g/mol. The van der Waals surface area contributed by atoms with Crippen LogP contribution in [0.2, 0.25) is 10.0 Å². The first kappa shape index (κ1) is 16.8. The third kappa shape index (κ3) is 4.73. The lowest BCUT2D eigenvalue weighted by Gasteiger charge is -2.05. The Morgan fingerprint density at radius 1 is 1.45 bits per heavy atom. The van der Waals surface area contributed by atoms with Gasteiger partial charge in [0.05, 0.1) is 17.3 Å². The van der Waals surface area contributed by atoms with E-state index in [-0.39, 0.29) is 18.9 Å². The maximum Gasteiger partial charge on any atom is 0.220 e. The molecule has 0 saturated heterocycles. The molecule has 0 saturated carbocycles. The first-order valence-electron chi connectivity index (χ1n) is 6.80. The highest BCUT2D eigenvalue weighted by atomic mass is 35.5. The van der Waals surface area contributed by atoms with Crippen LogP contribution in [-0.4, -0.2) is 28.6 Å². The van der Waals surface area contributed by atoms with E-state index < -0.39 is 6.10 Å². The number of amides is 1. The quantitative estimate of drug-likeness (QED) is 0.845. The number of benzene rings is 1. The first-order chi connectivity index (χ1) is 10.5. The van der Waals surface area contributed by atoms with Gasteiger partial charge in [0.15, 0.2) is 11.7 Å². The second-order valence-corrected chi connectivity index (χ2v) is 5.74. The van der Waals surface area contributed by atoms with E-state index in [1.54, 1.807) is 31.3 Å². The van der Waals surface area contributed by atoms with Crippen molar-refractivity contribution in [1.29, 1.82) is 0 Å². The molecule has 2 N–H and O–H groups in total. The summed E-state index contributed by atoms with van der Waals surface area (Å²) in [5, 5.41) is 12.7. The third-order valence-electron chi connectivity index (χ3n) is 2.91. The summed E-state index contributed by atoms with van der Waals surface area (Å²) in [4.78, 5) is 15.7. The average molecular weight is 343 g/mol. The summed E-state index contributed by atoms with van der Waals surface area (Å²) < 4.78 is 5.60. The number of hydrogen-bond acceptors (Lipinski definition) is 4. The highest BCUT2D eigenvalue weighted by Crippen LogP contribution is 2.30. The van der Waals surface area contributed by atoms with Crippen LogP contribution in [0.5, 0.6) is 0 Å². The minimum Gasteiger partial charge on any atom is -0.441 e. The predicted octanol–water partition coefficient (Wildman–Crippen LogP) is 3.08. The van der Waals surface area contributed by atoms with Gasteiger partial charge in [-0.1, -0.05) is 23.2 Å². The molecule has 0 fully saturated rings. The summed E-state index contributed by atoms with van der Waals surface area (Å²) in [5.74, 6) is 0.819. The van der Waals surface area contributed by atoms with Crippen molar-refractivity contribution >= 4 is 29.1 Å². The van der Waals surface area contributed by atoms with Crippen molar-refractivity contribution in [2.45, 2.75) is 25.9 Å². The molecule has 7 heteroatoms. The lowest BCUT2D eigenvalue weighted by atomic mass is 10.2. The predicted molar refractivity (Wildman–Crippen MR) is 85.0 cm³/mol. The zero-order chi connectivity index (χ0) is 16.1. The second kappa shape index (κ2) is 7.63. The Hall–Kier alpha value is -1.56. The van der Waals surface area contributed by atoms with Crippen molar-refractivity contribution in [3.05, 3.63) is 40.3 Å². The highest BCUT2D eigenvalue weighted by molar-refractivity contribution is 6.36. The van der Waals surface area contributed by atoms with Gasteiger partial charge in [-0.2, -0.15) is 0 Å². The standard InChI is InChI=1S/C15H16Cl2N2O3/c1-9(20)7-18-14(21)4-5-15-19-8-13(22-15)11-3-2-10(16)6-12(11)17/h2-3,6,8-9,20H,4-5,7H2,1H3,(H,18,21). The molecule has 0 aliphatic heterocycles. The van der Waals surface area contributed by atoms with Crippen LogP contribution >= 0.6 is 23.2 Å². The van der Waals surface area contributed by atoms with E-state index in [4.69, 9.17) is 32.7 Å². The smallest absolute Gasteiger partial charge is 0.220 e. The van der Waals surface area contributed by atoms with E-state index in [1.165, 1.54) is 0 Å². The molecule has 0 aliphatic rings. The van der Waals surface area contributed by atoms with Gasteiger partial charge in [-0.25, -0.2) is 4.98 Å². The van der Waals surface area contributed by atoms with Crippen molar-refractivity contribution in [2.75, 3.05) is 6.54 Å². The summed E-state index contributed by atoms with van der Waals surface area (Å²) in [6.07, 6.45) is 1.61. The normalized spacial score (nSPS) is 12.2. The number of nitrogens with one attached hydrogen (secondary N) is 1. The van der Waals surface area contributed by atoms with Crippen LogP contribution in [0.15, 0.2) is 28.8 Å². The summed E-state index contributed by atoms with van der Waals surface area (Å²) >= 11 is 12.0. The van der Waals surface area contributed by atoms with Crippen LogP contribution in [-0.2, 0) is 11.2 Å². The fraction of sp³-hybridized carbons (Fsp3) is 0.333. The van der Waals surface area contributed by atoms with E-state index in [9.17, 15) is 4.79 Å². The fourth-order valence-corrected chi connectivity index (χ4v) is 2.31. The van der Waals surface area contributed by atoms with Crippen molar-refractivity contribution in [1.82, 2.24) is 10.3 Å². The molecule has 1 amide bonds. The Morgan fingerprint density at radius 2 is 2.23 bits per heavy atom. The topological polar surface area (TPSA) is 75.4 Å². The van der Waals surface area contributed by atoms with Crippen LogP contribution in [0.3, 0.4) is 0 Å². The zero-order valence-electron chi connectivity index (χ0n) is 12.0. The van der Waals surface area contributed by atoms with Crippen LogP contribution in [0, 0.1) is 0 Å². The van der Waals surface area contributed by atoms with Gasteiger partial charge < -0.3 is 14.8 Å². The van der Waals surface area contributed by atoms with Crippen molar-refractivity contribution in [2.24, 2.45) is 0 Å². The van der Waals surface area contributed by atoms with Crippen LogP contribution in [0.1, 0.15) is 19.2 Å². The number of hydrogen-bond donors (Lipinski definition) is 2.